The van der Waals surface area contributed by atoms with Gasteiger partial charge in [-0.1, -0.05) is 17.7 Å². The van der Waals surface area contributed by atoms with Gasteiger partial charge in [-0.3, -0.25) is 4.40 Å². The molecule has 142 valence electrons. The first kappa shape index (κ1) is 18.0. The molecule has 0 saturated carbocycles. The van der Waals surface area contributed by atoms with Crippen molar-refractivity contribution in [1.29, 1.82) is 0 Å². The average Bonchev–Trinajstić information content (AvgIpc) is 3.21. The summed E-state index contributed by atoms with van der Waals surface area (Å²) in [5.41, 5.74) is 2.24. The number of aromatic nitrogens is 3. The third-order valence-corrected chi connectivity index (χ3v) is 4.70. The molecule has 0 aromatic carbocycles. The number of imidazole rings is 1. The Morgan fingerprint density at radius 3 is 2.96 bits per heavy atom. The molecule has 0 bridgehead atoms. The van der Waals surface area contributed by atoms with Crippen molar-refractivity contribution in [2.75, 3.05) is 18.4 Å². The Morgan fingerprint density at radius 1 is 1.37 bits per heavy atom. The molecule has 6 nitrogen and oxygen atoms in total. The lowest BCUT2D eigenvalue weighted by atomic mass is 10.2. The number of fused-ring (bicyclic) bond motifs is 1. The largest absolute Gasteiger partial charge is 0.489 e. The van der Waals surface area contributed by atoms with Crippen LogP contribution in [-0.4, -0.2) is 45.8 Å². The summed E-state index contributed by atoms with van der Waals surface area (Å²) in [5, 5.41) is 6.69. The number of alkyl halides is 1. The van der Waals surface area contributed by atoms with Gasteiger partial charge in [0.05, 0.1) is 34.8 Å². The number of hydrogen-bond acceptors (Lipinski definition) is 5. The molecule has 0 radical (unpaired) electrons. The van der Waals surface area contributed by atoms with E-state index >= 15 is 0 Å². The van der Waals surface area contributed by atoms with E-state index in [1.165, 1.54) is 0 Å². The van der Waals surface area contributed by atoms with Crippen molar-refractivity contribution in [1.82, 2.24) is 19.7 Å². The van der Waals surface area contributed by atoms with Crippen LogP contribution in [0.1, 0.15) is 13.8 Å². The van der Waals surface area contributed by atoms with E-state index in [2.05, 4.69) is 20.6 Å². The number of pyridine rings is 2. The third-order valence-electron chi connectivity index (χ3n) is 4.41. The Hall–Kier alpha value is -2.38. The first-order valence-electron chi connectivity index (χ1n) is 8.93. The SMILES string of the molecule is CC(C)Oc1cc2ncc(-c3cccc(NC4CNCC4F)n3)n2cc1Cl. The molecule has 2 N–H and O–H groups in total. The van der Waals surface area contributed by atoms with E-state index in [-0.39, 0.29) is 12.1 Å². The second-order valence-corrected chi connectivity index (χ2v) is 7.26. The molecule has 1 saturated heterocycles. The first-order valence-corrected chi connectivity index (χ1v) is 9.31. The van der Waals surface area contributed by atoms with Crippen LogP contribution in [0.4, 0.5) is 10.2 Å². The van der Waals surface area contributed by atoms with Crippen LogP contribution < -0.4 is 15.4 Å². The summed E-state index contributed by atoms with van der Waals surface area (Å²) in [6, 6.07) is 7.14. The Bertz CT molecular complexity index is 960. The summed E-state index contributed by atoms with van der Waals surface area (Å²) < 4.78 is 21.4. The molecular weight excluding hydrogens is 369 g/mol. The second kappa shape index (κ2) is 7.32. The predicted octanol–water partition coefficient (Wildman–Crippen LogP) is 3.56. The highest BCUT2D eigenvalue weighted by molar-refractivity contribution is 6.32. The highest BCUT2D eigenvalue weighted by atomic mass is 35.5. The van der Waals surface area contributed by atoms with Crippen LogP contribution in [0.25, 0.3) is 17.0 Å². The van der Waals surface area contributed by atoms with Gasteiger partial charge in [0.2, 0.25) is 0 Å². The van der Waals surface area contributed by atoms with Crippen LogP contribution in [-0.2, 0) is 0 Å². The van der Waals surface area contributed by atoms with Gasteiger partial charge in [0, 0.05) is 25.4 Å². The fourth-order valence-electron chi connectivity index (χ4n) is 3.15. The average molecular weight is 390 g/mol. The normalized spacial score (nSPS) is 19.7. The van der Waals surface area contributed by atoms with E-state index in [1.54, 1.807) is 12.4 Å². The molecule has 8 heteroatoms. The molecular formula is C19H21ClFN5O. The molecule has 4 heterocycles. The van der Waals surface area contributed by atoms with Gasteiger partial charge in [0.25, 0.3) is 0 Å². The Kier molecular flexibility index (Phi) is 4.88. The lowest BCUT2D eigenvalue weighted by Gasteiger charge is -2.15. The molecule has 27 heavy (non-hydrogen) atoms. The zero-order valence-electron chi connectivity index (χ0n) is 15.1. The van der Waals surface area contributed by atoms with E-state index in [9.17, 15) is 4.39 Å². The van der Waals surface area contributed by atoms with E-state index in [1.807, 2.05) is 42.5 Å². The number of anilines is 1. The Balaban J connectivity index is 1.66. The molecule has 3 aromatic rings. The van der Waals surface area contributed by atoms with Crippen molar-refractivity contribution < 1.29 is 9.13 Å². The van der Waals surface area contributed by atoms with Crippen LogP contribution >= 0.6 is 11.6 Å². The van der Waals surface area contributed by atoms with Crippen molar-refractivity contribution in [3.8, 4) is 17.1 Å². The van der Waals surface area contributed by atoms with Crippen LogP contribution in [0.3, 0.4) is 0 Å². The molecule has 1 fully saturated rings. The topological polar surface area (TPSA) is 63.5 Å². The number of halogens is 2. The second-order valence-electron chi connectivity index (χ2n) is 6.86. The predicted molar refractivity (Wildman–Crippen MR) is 104 cm³/mol. The maximum Gasteiger partial charge on any atom is 0.143 e. The van der Waals surface area contributed by atoms with Gasteiger partial charge in [-0.15, -0.1) is 0 Å². The molecule has 1 aliphatic heterocycles. The maximum absolute atomic E-state index is 13.8. The summed E-state index contributed by atoms with van der Waals surface area (Å²) in [7, 11) is 0. The molecule has 2 unspecified atom stereocenters. The zero-order chi connectivity index (χ0) is 19.0. The van der Waals surface area contributed by atoms with Gasteiger partial charge in [0.15, 0.2) is 0 Å². The number of hydrogen-bond donors (Lipinski definition) is 2. The van der Waals surface area contributed by atoms with Crippen molar-refractivity contribution in [2.24, 2.45) is 0 Å². The molecule has 2 atom stereocenters. The van der Waals surface area contributed by atoms with Crippen LogP contribution in [0, 0.1) is 0 Å². The minimum atomic E-state index is -0.926. The molecule has 0 spiro atoms. The molecule has 4 rings (SSSR count). The molecule has 0 aliphatic carbocycles. The summed E-state index contributed by atoms with van der Waals surface area (Å²) in [5.74, 6) is 1.23. The number of nitrogens with zero attached hydrogens (tertiary/aromatic N) is 3. The third kappa shape index (κ3) is 3.70. The van der Waals surface area contributed by atoms with Crippen molar-refractivity contribution >= 4 is 23.1 Å². The van der Waals surface area contributed by atoms with Crippen molar-refractivity contribution in [3.63, 3.8) is 0 Å². The molecule has 0 amide bonds. The van der Waals surface area contributed by atoms with Crippen LogP contribution in [0.5, 0.6) is 5.75 Å². The van der Waals surface area contributed by atoms with E-state index in [0.717, 1.165) is 11.4 Å². The standard InChI is InChI=1S/C19H21ClFN5O/c1-11(2)27-17-6-19-23-9-16(26(19)10-12(17)20)14-4-3-5-18(24-14)25-15-8-22-7-13(15)21/h3-6,9-11,13,15,22H,7-8H2,1-2H3,(H,24,25). The summed E-state index contributed by atoms with van der Waals surface area (Å²) >= 11 is 6.37. The Labute approximate surface area is 161 Å². The van der Waals surface area contributed by atoms with Gasteiger partial charge < -0.3 is 15.4 Å². The van der Waals surface area contributed by atoms with Crippen LogP contribution in [0.2, 0.25) is 5.02 Å². The number of nitrogens with one attached hydrogen (secondary N) is 2. The quantitative estimate of drug-likeness (QED) is 0.698. The van der Waals surface area contributed by atoms with Gasteiger partial charge in [0.1, 0.15) is 23.4 Å². The monoisotopic (exact) mass is 389 g/mol. The summed E-state index contributed by atoms with van der Waals surface area (Å²) in [4.78, 5) is 9.07. The molecule has 3 aromatic heterocycles. The highest BCUT2D eigenvalue weighted by Crippen LogP contribution is 2.30. The van der Waals surface area contributed by atoms with E-state index in [4.69, 9.17) is 16.3 Å². The first-order chi connectivity index (χ1) is 13.0. The van der Waals surface area contributed by atoms with Crippen LogP contribution in [0.15, 0.2) is 36.7 Å². The minimum Gasteiger partial charge on any atom is -0.489 e. The summed E-state index contributed by atoms with van der Waals surface area (Å²) in [6.45, 7) is 4.84. The maximum atomic E-state index is 13.8. The highest BCUT2D eigenvalue weighted by Gasteiger charge is 2.26. The minimum absolute atomic E-state index is 0.0215. The zero-order valence-corrected chi connectivity index (χ0v) is 15.9. The number of rotatable bonds is 5. The smallest absolute Gasteiger partial charge is 0.143 e. The van der Waals surface area contributed by atoms with Gasteiger partial charge >= 0.3 is 0 Å². The fraction of sp³-hybridized carbons (Fsp3) is 0.368. The van der Waals surface area contributed by atoms with Gasteiger partial charge in [-0.25, -0.2) is 14.4 Å². The number of ether oxygens (including phenoxy) is 1. The van der Waals surface area contributed by atoms with Gasteiger partial charge in [-0.05, 0) is 26.0 Å². The van der Waals surface area contributed by atoms with Crippen molar-refractivity contribution in [3.05, 3.63) is 41.7 Å². The Morgan fingerprint density at radius 2 is 2.22 bits per heavy atom. The lowest BCUT2D eigenvalue weighted by Crippen LogP contribution is -2.29. The lowest BCUT2D eigenvalue weighted by molar-refractivity contribution is 0.242. The van der Waals surface area contributed by atoms with Crippen molar-refractivity contribution in [2.45, 2.75) is 32.2 Å². The van der Waals surface area contributed by atoms with E-state index < -0.39 is 6.17 Å². The summed E-state index contributed by atoms with van der Waals surface area (Å²) in [6.07, 6.45) is 2.61. The van der Waals surface area contributed by atoms with Gasteiger partial charge in [-0.2, -0.15) is 0 Å². The molecule has 1 aliphatic rings. The van der Waals surface area contributed by atoms with E-state index in [0.29, 0.717) is 35.3 Å². The fourth-order valence-corrected chi connectivity index (χ4v) is 3.35.